The molecule has 0 amide bonds. The summed E-state index contributed by atoms with van der Waals surface area (Å²) in [5.41, 5.74) is 7.97. The third-order valence-corrected chi connectivity index (χ3v) is 1.49. The van der Waals surface area contributed by atoms with Gasteiger partial charge in [0.25, 0.3) is 0 Å². The minimum absolute atomic E-state index is 0.0573. The number of ketones is 1. The number of hydrogen-bond donors (Lipinski definition) is 1. The van der Waals surface area contributed by atoms with Crippen molar-refractivity contribution in [2.45, 2.75) is 12.8 Å². The molecule has 0 spiro atoms. The van der Waals surface area contributed by atoms with E-state index < -0.39 is 0 Å². The quantitative estimate of drug-likeness (QED) is 0.245. The van der Waals surface area contributed by atoms with Crippen LogP contribution in [-0.2, 0) is 0 Å². The van der Waals surface area contributed by atoms with Gasteiger partial charge in [0.15, 0.2) is 11.6 Å². The van der Waals surface area contributed by atoms with Crippen LogP contribution in [0, 0.1) is 0 Å². The number of carbonyl (C=O) groups excluding carboxylic acids is 1. The molecule has 1 aromatic heterocycles. The van der Waals surface area contributed by atoms with Gasteiger partial charge in [0.2, 0.25) is 0 Å². The molecule has 0 saturated carbocycles. The highest BCUT2D eigenvalue weighted by atomic mass is 16.1. The van der Waals surface area contributed by atoms with Crippen molar-refractivity contribution in [3.05, 3.63) is 28.7 Å². The van der Waals surface area contributed by atoms with E-state index in [4.69, 9.17) is 5.53 Å². The van der Waals surface area contributed by atoms with E-state index in [1.807, 2.05) is 0 Å². The normalized spacial score (nSPS) is 9.23. The minimum atomic E-state index is -0.0573. The van der Waals surface area contributed by atoms with Gasteiger partial charge >= 0.3 is 0 Å². The van der Waals surface area contributed by atoms with Crippen LogP contribution in [0.2, 0.25) is 0 Å². The molecule has 68 valence electrons. The van der Waals surface area contributed by atoms with Crippen LogP contribution in [0.3, 0.4) is 0 Å². The first-order chi connectivity index (χ1) is 6.34. The zero-order chi connectivity index (χ0) is 9.52. The Bertz CT molecular complexity index is 312. The molecule has 6 heteroatoms. The fourth-order valence-electron chi connectivity index (χ4n) is 0.891. The molecule has 0 fully saturated rings. The van der Waals surface area contributed by atoms with Crippen molar-refractivity contribution in [3.8, 4) is 0 Å². The second kappa shape index (κ2) is 4.95. The van der Waals surface area contributed by atoms with Crippen LogP contribution < -0.4 is 0 Å². The molecule has 13 heavy (non-hydrogen) atoms. The Morgan fingerprint density at radius 1 is 1.77 bits per heavy atom. The first-order valence-electron chi connectivity index (χ1n) is 3.88. The number of nitrogens with zero attached hydrogens (tertiary/aromatic N) is 4. The summed E-state index contributed by atoms with van der Waals surface area (Å²) >= 11 is 0. The minimum Gasteiger partial charge on any atom is -0.342 e. The van der Waals surface area contributed by atoms with E-state index in [1.54, 1.807) is 6.20 Å². The van der Waals surface area contributed by atoms with Gasteiger partial charge in [-0.2, -0.15) is 0 Å². The number of azide groups is 1. The average molecular weight is 179 g/mol. The fourth-order valence-corrected chi connectivity index (χ4v) is 0.891. The van der Waals surface area contributed by atoms with E-state index in [-0.39, 0.29) is 5.78 Å². The van der Waals surface area contributed by atoms with Crippen LogP contribution in [0.1, 0.15) is 23.5 Å². The summed E-state index contributed by atoms with van der Waals surface area (Å²) in [6, 6.07) is 0. The molecule has 0 radical (unpaired) electrons. The number of aromatic amines is 1. The van der Waals surface area contributed by atoms with Crippen molar-refractivity contribution in [1.29, 1.82) is 0 Å². The van der Waals surface area contributed by atoms with Gasteiger partial charge in [-0.25, -0.2) is 4.98 Å². The number of Topliss-reactive ketones (excluding diaryl/α,β-unsaturated/α-hetero) is 1. The van der Waals surface area contributed by atoms with Crippen molar-refractivity contribution in [2.75, 3.05) is 6.54 Å². The summed E-state index contributed by atoms with van der Waals surface area (Å²) in [5.74, 6) is 0.305. The third kappa shape index (κ3) is 2.96. The van der Waals surface area contributed by atoms with Gasteiger partial charge in [-0.05, 0) is 12.0 Å². The molecule has 0 aliphatic rings. The lowest BCUT2D eigenvalue weighted by Gasteiger charge is -1.93. The van der Waals surface area contributed by atoms with Gasteiger partial charge in [-0.3, -0.25) is 4.79 Å². The summed E-state index contributed by atoms with van der Waals surface area (Å²) in [6.07, 6.45) is 4.04. The summed E-state index contributed by atoms with van der Waals surface area (Å²) in [4.78, 5) is 20.3. The Balaban J connectivity index is 2.30. The van der Waals surface area contributed by atoms with Crippen molar-refractivity contribution in [1.82, 2.24) is 9.97 Å². The van der Waals surface area contributed by atoms with Crippen molar-refractivity contribution < 1.29 is 4.79 Å². The standard InChI is InChI=1S/C7H9N5O/c8-12-11-3-1-2-6(13)7-9-4-5-10-7/h4-5H,1-3H2,(H,9,10). The van der Waals surface area contributed by atoms with E-state index in [2.05, 4.69) is 20.0 Å². The molecular weight excluding hydrogens is 170 g/mol. The monoisotopic (exact) mass is 179 g/mol. The zero-order valence-corrected chi connectivity index (χ0v) is 6.97. The largest absolute Gasteiger partial charge is 0.342 e. The number of hydrogen-bond acceptors (Lipinski definition) is 3. The summed E-state index contributed by atoms with van der Waals surface area (Å²) in [7, 11) is 0. The maximum Gasteiger partial charge on any atom is 0.198 e. The van der Waals surface area contributed by atoms with E-state index >= 15 is 0 Å². The molecule has 6 nitrogen and oxygen atoms in total. The Morgan fingerprint density at radius 3 is 3.23 bits per heavy atom. The molecule has 0 aliphatic carbocycles. The number of H-pyrrole nitrogens is 1. The van der Waals surface area contributed by atoms with Crippen LogP contribution in [-0.4, -0.2) is 22.3 Å². The molecule has 1 heterocycles. The Kier molecular flexibility index (Phi) is 3.53. The number of nitrogens with one attached hydrogen (secondary N) is 1. The SMILES string of the molecule is [N-]=[N+]=NCCCC(=O)c1ncc[nH]1. The smallest absolute Gasteiger partial charge is 0.198 e. The van der Waals surface area contributed by atoms with E-state index in [0.29, 0.717) is 25.2 Å². The van der Waals surface area contributed by atoms with Crippen molar-refractivity contribution >= 4 is 5.78 Å². The first kappa shape index (κ1) is 9.28. The molecule has 0 unspecified atom stereocenters. The molecular formula is C7H9N5O. The number of aromatic nitrogens is 2. The molecule has 0 atom stereocenters. The highest BCUT2D eigenvalue weighted by Gasteiger charge is 2.06. The maximum absolute atomic E-state index is 11.2. The van der Waals surface area contributed by atoms with Gasteiger partial charge in [0.05, 0.1) is 0 Å². The molecule has 0 saturated heterocycles. The maximum atomic E-state index is 11.2. The van der Waals surface area contributed by atoms with Gasteiger partial charge in [0.1, 0.15) is 0 Å². The predicted molar refractivity (Wildman–Crippen MR) is 46.2 cm³/mol. The van der Waals surface area contributed by atoms with Crippen molar-refractivity contribution in [3.63, 3.8) is 0 Å². The molecule has 0 aromatic carbocycles. The predicted octanol–water partition coefficient (Wildman–Crippen LogP) is 1.68. The summed E-state index contributed by atoms with van der Waals surface area (Å²) in [5, 5.41) is 3.32. The number of carbonyl (C=O) groups is 1. The summed E-state index contributed by atoms with van der Waals surface area (Å²) < 4.78 is 0. The Labute approximate surface area is 74.6 Å². The van der Waals surface area contributed by atoms with Gasteiger partial charge in [-0.1, -0.05) is 5.11 Å². The topological polar surface area (TPSA) is 94.5 Å². The van der Waals surface area contributed by atoms with Crippen LogP contribution in [0.25, 0.3) is 10.4 Å². The highest BCUT2D eigenvalue weighted by molar-refractivity contribution is 5.92. The van der Waals surface area contributed by atoms with Gasteiger partial charge in [0, 0.05) is 30.3 Å². The Morgan fingerprint density at radius 2 is 2.62 bits per heavy atom. The molecule has 0 aliphatic heterocycles. The van der Waals surface area contributed by atoms with Gasteiger partial charge in [-0.15, -0.1) is 0 Å². The lowest BCUT2D eigenvalue weighted by molar-refractivity contribution is 0.0971. The molecule has 0 bridgehead atoms. The highest BCUT2D eigenvalue weighted by Crippen LogP contribution is 1.99. The van der Waals surface area contributed by atoms with Crippen LogP contribution in [0.4, 0.5) is 0 Å². The zero-order valence-electron chi connectivity index (χ0n) is 6.97. The van der Waals surface area contributed by atoms with E-state index in [1.165, 1.54) is 6.20 Å². The van der Waals surface area contributed by atoms with Crippen molar-refractivity contribution in [2.24, 2.45) is 5.11 Å². The van der Waals surface area contributed by atoms with Gasteiger partial charge < -0.3 is 4.98 Å². The lowest BCUT2D eigenvalue weighted by atomic mass is 10.2. The molecule has 1 rings (SSSR count). The van der Waals surface area contributed by atoms with E-state index in [0.717, 1.165) is 0 Å². The van der Waals surface area contributed by atoms with Crippen LogP contribution in [0.15, 0.2) is 17.5 Å². The third-order valence-electron chi connectivity index (χ3n) is 1.49. The Hall–Kier alpha value is -1.81. The number of imidazole rings is 1. The molecule has 1 aromatic rings. The number of rotatable bonds is 5. The lowest BCUT2D eigenvalue weighted by Crippen LogP contribution is -2.01. The first-order valence-corrected chi connectivity index (χ1v) is 3.88. The van der Waals surface area contributed by atoms with E-state index in [9.17, 15) is 4.79 Å². The molecule has 1 N–H and O–H groups in total. The second-order valence-electron chi connectivity index (χ2n) is 2.42. The van der Waals surface area contributed by atoms with Crippen LogP contribution in [0.5, 0.6) is 0 Å². The fraction of sp³-hybridized carbons (Fsp3) is 0.429. The van der Waals surface area contributed by atoms with Crippen LogP contribution >= 0.6 is 0 Å². The second-order valence-corrected chi connectivity index (χ2v) is 2.42. The summed E-state index contributed by atoms with van der Waals surface area (Å²) in [6.45, 7) is 0.350. The average Bonchev–Trinajstić information content (AvgIpc) is 2.65.